The highest BCUT2D eigenvalue weighted by molar-refractivity contribution is 6.36. The van der Waals surface area contributed by atoms with Crippen molar-refractivity contribution < 1.29 is 0 Å². The molecule has 4 aromatic rings. The van der Waals surface area contributed by atoms with Crippen LogP contribution in [0.4, 0.5) is 17.3 Å². The number of halogens is 1. The van der Waals surface area contributed by atoms with Gasteiger partial charge < -0.3 is 22.1 Å². The van der Waals surface area contributed by atoms with Gasteiger partial charge in [0.05, 0.1) is 5.02 Å². The van der Waals surface area contributed by atoms with Gasteiger partial charge in [-0.25, -0.2) is 9.97 Å². The highest BCUT2D eigenvalue weighted by Crippen LogP contribution is 2.51. The van der Waals surface area contributed by atoms with Crippen LogP contribution in [0.1, 0.15) is 30.0 Å². The second-order valence-electron chi connectivity index (χ2n) is 9.21. The Morgan fingerprint density at radius 3 is 2.61 bits per heavy atom. The zero-order chi connectivity index (χ0) is 22.7. The fourth-order valence-corrected chi connectivity index (χ4v) is 5.95. The number of benzene rings is 1. The maximum atomic E-state index is 6.77. The van der Waals surface area contributed by atoms with Crippen molar-refractivity contribution in [3.8, 4) is 11.1 Å². The summed E-state index contributed by atoms with van der Waals surface area (Å²) in [7, 11) is 0. The summed E-state index contributed by atoms with van der Waals surface area (Å²) >= 11 is 6.47. The minimum Gasteiger partial charge on any atom is -0.398 e. The van der Waals surface area contributed by atoms with E-state index in [1.54, 1.807) is 12.4 Å². The van der Waals surface area contributed by atoms with Gasteiger partial charge in [-0.2, -0.15) is 0 Å². The average Bonchev–Trinajstić information content (AvgIpc) is 3.40. The van der Waals surface area contributed by atoms with E-state index in [1.807, 2.05) is 18.3 Å². The third kappa shape index (κ3) is 2.99. The first-order chi connectivity index (χ1) is 16.0. The number of aromatic nitrogens is 3. The molecule has 1 fully saturated rings. The molecule has 1 atom stereocenters. The standard InChI is InChI=1S/C25H26ClN7/c26-21-17(5-8-30-23(21)29)20-18(27)13-19(33-12-9-31-24(20)33)32-10-6-25(7-11-32)14-15-3-1-2-4-16(15)22(25)28/h1-5,8-9,12-13,22H,6-7,10-11,14,27-28H2,(H2,29,30)/t22-/m1/s1. The van der Waals surface area contributed by atoms with Crippen LogP contribution in [0.15, 0.2) is 55.0 Å². The first-order valence-corrected chi connectivity index (χ1v) is 11.6. The maximum Gasteiger partial charge on any atom is 0.148 e. The van der Waals surface area contributed by atoms with Crippen molar-refractivity contribution in [2.75, 3.05) is 29.5 Å². The zero-order valence-electron chi connectivity index (χ0n) is 18.2. The number of pyridine rings is 2. The summed E-state index contributed by atoms with van der Waals surface area (Å²) in [5, 5.41) is 0.386. The van der Waals surface area contributed by atoms with Gasteiger partial charge in [-0.15, -0.1) is 0 Å². The number of nitrogens with two attached hydrogens (primary N) is 3. The summed E-state index contributed by atoms with van der Waals surface area (Å²) in [6.45, 7) is 1.83. The van der Waals surface area contributed by atoms with Crippen molar-refractivity contribution in [3.63, 3.8) is 0 Å². The van der Waals surface area contributed by atoms with Gasteiger partial charge in [-0.1, -0.05) is 35.9 Å². The van der Waals surface area contributed by atoms with E-state index in [4.69, 9.17) is 28.8 Å². The highest BCUT2D eigenvalue weighted by Gasteiger charge is 2.46. The SMILES string of the molecule is Nc1cc(N2CCC3(CC2)Cc2ccccc2[C@H]3N)n2ccnc2c1-c1ccnc(N)c1Cl. The molecule has 7 nitrogen and oxygen atoms in total. The molecule has 2 aliphatic rings. The second kappa shape index (κ2) is 7.37. The molecule has 168 valence electrons. The Morgan fingerprint density at radius 2 is 1.82 bits per heavy atom. The number of hydrogen-bond donors (Lipinski definition) is 3. The minimum atomic E-state index is 0.0934. The Bertz CT molecular complexity index is 1370. The lowest BCUT2D eigenvalue weighted by atomic mass is 9.73. The quantitative estimate of drug-likeness (QED) is 0.417. The monoisotopic (exact) mass is 459 g/mol. The molecule has 1 aromatic carbocycles. The summed E-state index contributed by atoms with van der Waals surface area (Å²) in [6, 6.07) is 12.5. The molecule has 1 aliphatic heterocycles. The van der Waals surface area contributed by atoms with Gasteiger partial charge in [0.1, 0.15) is 17.3 Å². The molecule has 6 rings (SSSR count). The van der Waals surface area contributed by atoms with E-state index in [1.165, 1.54) is 11.1 Å². The molecular weight excluding hydrogens is 434 g/mol. The van der Waals surface area contributed by atoms with E-state index < -0.39 is 0 Å². The zero-order valence-corrected chi connectivity index (χ0v) is 19.0. The summed E-state index contributed by atoms with van der Waals surface area (Å²) in [4.78, 5) is 11.1. The van der Waals surface area contributed by atoms with Crippen molar-refractivity contribution in [1.82, 2.24) is 14.4 Å². The molecule has 3 aromatic heterocycles. The third-order valence-corrected chi connectivity index (χ3v) is 7.94. The van der Waals surface area contributed by atoms with E-state index in [0.717, 1.165) is 54.9 Å². The van der Waals surface area contributed by atoms with E-state index in [-0.39, 0.29) is 17.3 Å². The molecule has 6 N–H and O–H groups in total. The van der Waals surface area contributed by atoms with Gasteiger partial charge in [-0.3, -0.25) is 4.40 Å². The van der Waals surface area contributed by atoms with Crippen LogP contribution in [-0.4, -0.2) is 27.5 Å². The molecule has 0 saturated carbocycles. The van der Waals surface area contributed by atoms with Crippen LogP contribution in [0.2, 0.25) is 5.02 Å². The number of nitrogens with zero attached hydrogens (tertiary/aromatic N) is 4. The summed E-state index contributed by atoms with van der Waals surface area (Å²) in [6.07, 6.45) is 8.52. The van der Waals surface area contributed by atoms with E-state index in [2.05, 4.69) is 43.5 Å². The van der Waals surface area contributed by atoms with Crippen LogP contribution in [0.5, 0.6) is 0 Å². The number of anilines is 3. The number of hydrogen-bond acceptors (Lipinski definition) is 6. The van der Waals surface area contributed by atoms with Crippen molar-refractivity contribution in [3.05, 3.63) is 71.1 Å². The van der Waals surface area contributed by atoms with Gasteiger partial charge in [0.2, 0.25) is 0 Å². The molecule has 1 aliphatic carbocycles. The number of fused-ring (bicyclic) bond motifs is 2. The molecule has 0 amide bonds. The summed E-state index contributed by atoms with van der Waals surface area (Å²) in [5.41, 5.74) is 25.0. The third-order valence-electron chi connectivity index (χ3n) is 7.55. The van der Waals surface area contributed by atoms with Gasteiger partial charge in [0.15, 0.2) is 0 Å². The molecule has 1 saturated heterocycles. The fraction of sp³-hybridized carbons (Fsp3) is 0.280. The fourth-order valence-electron chi connectivity index (χ4n) is 5.74. The van der Waals surface area contributed by atoms with Crippen LogP contribution in [0.25, 0.3) is 16.8 Å². The molecule has 0 radical (unpaired) electrons. The molecule has 33 heavy (non-hydrogen) atoms. The summed E-state index contributed by atoms with van der Waals surface area (Å²) < 4.78 is 2.08. The first kappa shape index (κ1) is 20.3. The van der Waals surface area contributed by atoms with Crippen molar-refractivity contribution >= 4 is 34.6 Å². The topological polar surface area (TPSA) is 111 Å². The minimum absolute atomic E-state index is 0.0934. The number of nitrogen functional groups attached to an aromatic ring is 2. The Balaban J connectivity index is 1.34. The second-order valence-corrected chi connectivity index (χ2v) is 9.59. The lowest BCUT2D eigenvalue weighted by Gasteiger charge is -2.43. The molecule has 8 heteroatoms. The van der Waals surface area contributed by atoms with Gasteiger partial charge in [-0.05, 0) is 41.9 Å². The molecule has 0 unspecified atom stereocenters. The van der Waals surface area contributed by atoms with Crippen LogP contribution >= 0.6 is 11.6 Å². The predicted octanol–water partition coefficient (Wildman–Crippen LogP) is 4.06. The predicted molar refractivity (Wildman–Crippen MR) is 133 cm³/mol. The van der Waals surface area contributed by atoms with Crippen molar-refractivity contribution in [2.24, 2.45) is 11.1 Å². The number of rotatable bonds is 2. The van der Waals surface area contributed by atoms with Crippen molar-refractivity contribution in [1.29, 1.82) is 0 Å². The number of imidazole rings is 1. The van der Waals surface area contributed by atoms with Gasteiger partial charge in [0, 0.05) is 60.6 Å². The maximum absolute atomic E-state index is 6.77. The van der Waals surface area contributed by atoms with Gasteiger partial charge >= 0.3 is 0 Å². The normalized spacial score (nSPS) is 19.3. The molecule has 1 spiro atoms. The van der Waals surface area contributed by atoms with E-state index >= 15 is 0 Å². The highest BCUT2D eigenvalue weighted by atomic mass is 35.5. The molecule has 4 heterocycles. The Morgan fingerprint density at radius 1 is 1.03 bits per heavy atom. The van der Waals surface area contributed by atoms with Crippen LogP contribution < -0.4 is 22.1 Å². The first-order valence-electron chi connectivity index (χ1n) is 11.2. The van der Waals surface area contributed by atoms with Crippen molar-refractivity contribution in [2.45, 2.75) is 25.3 Å². The lowest BCUT2D eigenvalue weighted by Crippen LogP contribution is -2.44. The average molecular weight is 460 g/mol. The lowest BCUT2D eigenvalue weighted by molar-refractivity contribution is 0.187. The van der Waals surface area contributed by atoms with Crippen LogP contribution in [-0.2, 0) is 6.42 Å². The summed E-state index contributed by atoms with van der Waals surface area (Å²) in [5.74, 6) is 1.30. The molecule has 0 bridgehead atoms. The van der Waals surface area contributed by atoms with Crippen LogP contribution in [0.3, 0.4) is 0 Å². The van der Waals surface area contributed by atoms with E-state index in [0.29, 0.717) is 10.7 Å². The Kier molecular flexibility index (Phi) is 4.54. The Hall–Kier alpha value is -3.29. The van der Waals surface area contributed by atoms with Crippen LogP contribution in [0, 0.1) is 5.41 Å². The van der Waals surface area contributed by atoms with E-state index in [9.17, 15) is 0 Å². The Labute approximate surface area is 197 Å². The number of piperidine rings is 1. The molecular formula is C25H26ClN7. The largest absolute Gasteiger partial charge is 0.398 e. The van der Waals surface area contributed by atoms with Gasteiger partial charge in [0.25, 0.3) is 0 Å². The smallest absolute Gasteiger partial charge is 0.148 e.